The average molecular weight is 270 g/mol. The highest BCUT2D eigenvalue weighted by Crippen LogP contribution is 2.20. The van der Waals surface area contributed by atoms with Crippen LogP contribution in [0.2, 0.25) is 5.15 Å². The van der Waals surface area contributed by atoms with Gasteiger partial charge in [-0.05, 0) is 20.8 Å². The first kappa shape index (κ1) is 12.6. The molecule has 0 aliphatic carbocycles. The molecule has 7 nitrogen and oxygen atoms in total. The normalized spacial score (nSPS) is 11.8. The van der Waals surface area contributed by atoms with E-state index in [1.165, 1.54) is 6.33 Å². The minimum absolute atomic E-state index is 0.0298. The predicted molar refractivity (Wildman–Crippen MR) is 66.4 cm³/mol. The van der Waals surface area contributed by atoms with Gasteiger partial charge in [0, 0.05) is 0 Å². The van der Waals surface area contributed by atoms with Crippen LogP contribution in [0.4, 0.5) is 10.7 Å². The number of nitrogens with zero attached hydrogens (tertiary/aromatic N) is 4. The maximum absolute atomic E-state index is 11.9. The fraction of sp³-hybridized carbons (Fsp3) is 0.400. The summed E-state index contributed by atoms with van der Waals surface area (Å²) >= 11 is 5.85. The summed E-state index contributed by atoms with van der Waals surface area (Å²) in [6.07, 6.45) is 0.679. The standard InChI is InChI=1S/C10H12ClN5O2/c1-10(2,3)18-9(17)16-4-13-5-6(11)14-8(12)15-7(5)16/h4H,1-3H3,(H2,12,14,15). The van der Waals surface area contributed by atoms with E-state index in [1.54, 1.807) is 20.8 Å². The van der Waals surface area contributed by atoms with Gasteiger partial charge in [0.05, 0.1) is 0 Å². The number of fused-ring (bicyclic) bond motifs is 1. The second-order valence-electron chi connectivity index (χ2n) is 4.64. The van der Waals surface area contributed by atoms with Crippen LogP contribution in [0.15, 0.2) is 6.33 Å². The van der Waals surface area contributed by atoms with Gasteiger partial charge in [-0.2, -0.15) is 9.97 Å². The van der Waals surface area contributed by atoms with Crippen LogP contribution in [0.1, 0.15) is 20.8 Å². The first-order valence-corrected chi connectivity index (χ1v) is 5.55. The molecule has 18 heavy (non-hydrogen) atoms. The SMILES string of the molecule is CC(C)(C)OC(=O)n1cnc2c(Cl)nc(N)nc21. The number of hydrogen-bond donors (Lipinski definition) is 1. The first-order chi connectivity index (χ1) is 8.28. The van der Waals surface area contributed by atoms with Gasteiger partial charge < -0.3 is 10.5 Å². The van der Waals surface area contributed by atoms with Crippen LogP contribution in [-0.2, 0) is 4.74 Å². The maximum atomic E-state index is 11.9. The largest absolute Gasteiger partial charge is 0.443 e. The molecular formula is C10H12ClN5O2. The van der Waals surface area contributed by atoms with Crippen LogP contribution in [0, 0.1) is 0 Å². The van der Waals surface area contributed by atoms with Gasteiger partial charge in [-0.1, -0.05) is 11.6 Å². The van der Waals surface area contributed by atoms with E-state index in [9.17, 15) is 4.79 Å². The lowest BCUT2D eigenvalue weighted by Gasteiger charge is -2.19. The topological polar surface area (TPSA) is 95.9 Å². The minimum atomic E-state index is -0.615. The second kappa shape index (κ2) is 4.09. The predicted octanol–water partition coefficient (Wildman–Crippen LogP) is 1.85. The average Bonchev–Trinajstić information content (AvgIpc) is 2.58. The molecule has 0 spiro atoms. The zero-order valence-corrected chi connectivity index (χ0v) is 10.9. The van der Waals surface area contributed by atoms with Crippen LogP contribution in [-0.4, -0.2) is 31.2 Å². The third kappa shape index (κ3) is 2.35. The van der Waals surface area contributed by atoms with Gasteiger partial charge in [-0.15, -0.1) is 0 Å². The van der Waals surface area contributed by atoms with Crippen molar-refractivity contribution in [3.63, 3.8) is 0 Å². The number of halogens is 1. The molecule has 0 unspecified atom stereocenters. The Morgan fingerprint density at radius 2 is 2.11 bits per heavy atom. The molecule has 2 rings (SSSR count). The monoisotopic (exact) mass is 269 g/mol. The summed E-state index contributed by atoms with van der Waals surface area (Å²) in [5, 5.41) is 0.0970. The van der Waals surface area contributed by atoms with Crippen molar-refractivity contribution in [1.82, 2.24) is 19.5 Å². The number of imidazole rings is 1. The zero-order chi connectivity index (χ0) is 13.5. The lowest BCUT2D eigenvalue weighted by atomic mass is 10.2. The zero-order valence-electron chi connectivity index (χ0n) is 10.1. The molecule has 0 saturated carbocycles. The summed E-state index contributed by atoms with van der Waals surface area (Å²) in [6, 6.07) is 0. The Balaban J connectivity index is 2.49. The van der Waals surface area contributed by atoms with Crippen molar-refractivity contribution in [2.75, 3.05) is 5.73 Å². The van der Waals surface area contributed by atoms with Gasteiger partial charge >= 0.3 is 6.09 Å². The minimum Gasteiger partial charge on any atom is -0.443 e. The van der Waals surface area contributed by atoms with E-state index in [2.05, 4.69) is 15.0 Å². The number of nitrogens with two attached hydrogens (primary N) is 1. The molecule has 0 saturated heterocycles. The molecule has 0 aliphatic heterocycles. The molecule has 8 heteroatoms. The summed E-state index contributed by atoms with van der Waals surface area (Å²) in [5.41, 5.74) is 5.39. The van der Waals surface area contributed by atoms with E-state index in [1.807, 2.05) is 0 Å². The molecule has 96 valence electrons. The number of carbonyl (C=O) groups is 1. The summed E-state index contributed by atoms with van der Waals surface area (Å²) in [5.74, 6) is -0.0298. The van der Waals surface area contributed by atoms with Crippen molar-refractivity contribution < 1.29 is 9.53 Å². The Labute approximate surface area is 108 Å². The lowest BCUT2D eigenvalue weighted by molar-refractivity contribution is 0.0543. The van der Waals surface area contributed by atoms with E-state index in [-0.39, 0.29) is 16.7 Å². The summed E-state index contributed by atoms with van der Waals surface area (Å²) in [7, 11) is 0. The van der Waals surface area contributed by atoms with Crippen LogP contribution in [0.5, 0.6) is 0 Å². The van der Waals surface area contributed by atoms with Gasteiger partial charge in [0.1, 0.15) is 17.4 Å². The van der Waals surface area contributed by atoms with E-state index in [0.29, 0.717) is 5.52 Å². The highest BCUT2D eigenvalue weighted by Gasteiger charge is 2.21. The van der Waals surface area contributed by atoms with Crippen molar-refractivity contribution >= 4 is 34.8 Å². The van der Waals surface area contributed by atoms with E-state index >= 15 is 0 Å². The van der Waals surface area contributed by atoms with Gasteiger partial charge in [0.25, 0.3) is 0 Å². The third-order valence-corrected chi connectivity index (χ3v) is 2.22. The molecular weight excluding hydrogens is 258 g/mol. The Kier molecular flexibility index (Phi) is 2.86. The number of hydrogen-bond acceptors (Lipinski definition) is 6. The van der Waals surface area contributed by atoms with E-state index < -0.39 is 11.7 Å². The number of ether oxygens (including phenoxy) is 1. The molecule has 0 amide bonds. The summed E-state index contributed by atoms with van der Waals surface area (Å²) in [4.78, 5) is 23.6. The van der Waals surface area contributed by atoms with Crippen molar-refractivity contribution in [2.24, 2.45) is 0 Å². The number of nitrogen functional groups attached to an aromatic ring is 1. The Hall–Kier alpha value is -1.89. The third-order valence-electron chi connectivity index (χ3n) is 1.96. The van der Waals surface area contributed by atoms with Gasteiger partial charge in [-0.3, -0.25) is 0 Å². The van der Waals surface area contributed by atoms with Crippen LogP contribution >= 0.6 is 11.6 Å². The van der Waals surface area contributed by atoms with Gasteiger partial charge in [-0.25, -0.2) is 14.3 Å². The Bertz CT molecular complexity index is 616. The second-order valence-corrected chi connectivity index (χ2v) is 5.00. The lowest BCUT2D eigenvalue weighted by Crippen LogP contribution is -2.27. The number of rotatable bonds is 0. The molecule has 0 atom stereocenters. The molecule has 0 bridgehead atoms. The highest BCUT2D eigenvalue weighted by atomic mass is 35.5. The fourth-order valence-electron chi connectivity index (χ4n) is 1.33. The molecule has 2 aromatic heterocycles. The fourth-order valence-corrected chi connectivity index (χ4v) is 1.55. The smallest absolute Gasteiger partial charge is 0.421 e. The molecule has 0 aliphatic rings. The van der Waals surface area contributed by atoms with E-state index in [4.69, 9.17) is 22.1 Å². The highest BCUT2D eigenvalue weighted by molar-refractivity contribution is 6.33. The van der Waals surface area contributed by atoms with Crippen molar-refractivity contribution in [3.8, 4) is 0 Å². The number of aromatic nitrogens is 4. The van der Waals surface area contributed by atoms with Crippen LogP contribution in [0.25, 0.3) is 11.2 Å². The van der Waals surface area contributed by atoms with Crippen molar-refractivity contribution in [1.29, 1.82) is 0 Å². The molecule has 2 N–H and O–H groups in total. The van der Waals surface area contributed by atoms with Crippen LogP contribution in [0.3, 0.4) is 0 Å². The van der Waals surface area contributed by atoms with Crippen molar-refractivity contribution in [2.45, 2.75) is 26.4 Å². The van der Waals surface area contributed by atoms with Gasteiger partial charge in [0.15, 0.2) is 10.8 Å². The van der Waals surface area contributed by atoms with E-state index in [0.717, 1.165) is 4.57 Å². The molecule has 2 aromatic rings. The Morgan fingerprint density at radius 3 is 2.72 bits per heavy atom. The summed E-state index contributed by atoms with van der Waals surface area (Å²) < 4.78 is 6.35. The molecule has 2 heterocycles. The summed E-state index contributed by atoms with van der Waals surface area (Å²) in [6.45, 7) is 5.29. The molecule has 0 aromatic carbocycles. The first-order valence-electron chi connectivity index (χ1n) is 5.17. The van der Waals surface area contributed by atoms with Gasteiger partial charge in [0.2, 0.25) is 5.95 Å². The molecule has 0 fully saturated rings. The number of carbonyl (C=O) groups excluding carboxylic acids is 1. The molecule has 0 radical (unpaired) electrons. The maximum Gasteiger partial charge on any atom is 0.421 e. The van der Waals surface area contributed by atoms with Crippen LogP contribution < -0.4 is 5.73 Å². The number of anilines is 1. The van der Waals surface area contributed by atoms with Crippen molar-refractivity contribution in [3.05, 3.63) is 11.5 Å². The Morgan fingerprint density at radius 1 is 1.44 bits per heavy atom. The quantitative estimate of drug-likeness (QED) is 0.733.